The Labute approximate surface area is 121 Å². The Morgan fingerprint density at radius 2 is 1.95 bits per heavy atom. The monoisotopic (exact) mass is 296 g/mol. The molecular formula is C14H20N2O3S. The summed E-state index contributed by atoms with van der Waals surface area (Å²) in [7, 11) is 0.527. The molecule has 1 N–H and O–H groups in total. The molecule has 1 aromatic rings. The van der Waals surface area contributed by atoms with E-state index in [0.717, 1.165) is 32.1 Å². The second kappa shape index (κ2) is 6.95. The number of rotatable bonds is 4. The number of nitro groups is 1. The fourth-order valence-corrected chi connectivity index (χ4v) is 4.64. The zero-order valence-electron chi connectivity index (χ0n) is 11.6. The Bertz CT molecular complexity index is 507. The Morgan fingerprint density at radius 1 is 1.25 bits per heavy atom. The molecule has 1 aliphatic rings. The van der Waals surface area contributed by atoms with Crippen LogP contribution < -0.4 is 5.32 Å². The van der Waals surface area contributed by atoms with Crippen LogP contribution >= 0.6 is 0 Å². The van der Waals surface area contributed by atoms with E-state index in [1.54, 1.807) is 18.2 Å². The molecule has 5 nitrogen and oxygen atoms in total. The number of nitrogens with zero attached hydrogens (tertiary/aromatic N) is 1. The molecule has 0 bridgehead atoms. The fourth-order valence-electron chi connectivity index (χ4n) is 2.80. The number of nitrogens with one attached hydrogen (secondary N) is 1. The van der Waals surface area contributed by atoms with Crippen molar-refractivity contribution in [1.82, 2.24) is 5.32 Å². The highest BCUT2D eigenvalue weighted by atomic mass is 32.2. The second-order valence-electron chi connectivity index (χ2n) is 5.09. The topological polar surface area (TPSA) is 72.2 Å². The van der Waals surface area contributed by atoms with E-state index >= 15 is 0 Å². The zero-order chi connectivity index (χ0) is 14.5. The van der Waals surface area contributed by atoms with E-state index in [4.69, 9.17) is 0 Å². The molecule has 3 atom stereocenters. The first-order chi connectivity index (χ1) is 9.65. The normalized spacial score (nSPS) is 24.9. The van der Waals surface area contributed by atoms with E-state index in [2.05, 4.69) is 5.32 Å². The number of nitro benzene ring substituents is 1. The van der Waals surface area contributed by atoms with Gasteiger partial charge in [0.05, 0.1) is 21.0 Å². The molecule has 20 heavy (non-hydrogen) atoms. The summed E-state index contributed by atoms with van der Waals surface area (Å²) in [5, 5.41) is 14.3. The van der Waals surface area contributed by atoms with Crippen LogP contribution in [0.1, 0.15) is 32.1 Å². The predicted octanol–water partition coefficient (Wildman–Crippen LogP) is 2.62. The number of hydrogen-bond donors (Lipinski definition) is 1. The van der Waals surface area contributed by atoms with E-state index in [1.807, 2.05) is 7.05 Å². The van der Waals surface area contributed by atoms with Gasteiger partial charge < -0.3 is 5.32 Å². The molecule has 0 aromatic heterocycles. The lowest BCUT2D eigenvalue weighted by Gasteiger charge is -2.23. The van der Waals surface area contributed by atoms with Gasteiger partial charge in [0.1, 0.15) is 4.90 Å². The largest absolute Gasteiger partial charge is 0.316 e. The second-order valence-corrected chi connectivity index (χ2v) is 6.73. The lowest BCUT2D eigenvalue weighted by atomic mass is 10.1. The quantitative estimate of drug-likeness (QED) is 0.526. The highest BCUT2D eigenvalue weighted by Gasteiger charge is 2.31. The molecule has 1 fully saturated rings. The molecule has 0 saturated heterocycles. The average molecular weight is 296 g/mol. The molecule has 2 rings (SSSR count). The first kappa shape index (κ1) is 15.1. The van der Waals surface area contributed by atoms with Gasteiger partial charge in [-0.25, -0.2) is 0 Å². The van der Waals surface area contributed by atoms with Crippen LogP contribution in [0.5, 0.6) is 0 Å². The Morgan fingerprint density at radius 3 is 2.65 bits per heavy atom. The van der Waals surface area contributed by atoms with Crippen molar-refractivity contribution >= 4 is 16.5 Å². The first-order valence-corrected chi connectivity index (χ1v) is 8.17. The number of para-hydroxylation sites is 1. The maximum absolute atomic E-state index is 12.8. The van der Waals surface area contributed by atoms with E-state index in [1.165, 1.54) is 6.07 Å². The summed E-state index contributed by atoms with van der Waals surface area (Å²) < 4.78 is 12.8. The first-order valence-electron chi connectivity index (χ1n) is 6.96. The Kier molecular flexibility index (Phi) is 5.25. The zero-order valence-corrected chi connectivity index (χ0v) is 12.4. The summed E-state index contributed by atoms with van der Waals surface area (Å²) in [4.78, 5) is 11.0. The van der Waals surface area contributed by atoms with Gasteiger partial charge in [-0.1, -0.05) is 31.4 Å². The van der Waals surface area contributed by atoms with Gasteiger partial charge in [-0.15, -0.1) is 0 Å². The molecule has 0 heterocycles. The summed E-state index contributed by atoms with van der Waals surface area (Å²) in [5.74, 6) is 0. The van der Waals surface area contributed by atoms with Crippen molar-refractivity contribution in [3.63, 3.8) is 0 Å². The van der Waals surface area contributed by atoms with Crippen LogP contribution in [0.15, 0.2) is 29.2 Å². The third kappa shape index (κ3) is 3.24. The Balaban J connectivity index is 2.31. The summed E-state index contributed by atoms with van der Waals surface area (Å²) in [5.41, 5.74) is -0.0371. The van der Waals surface area contributed by atoms with Gasteiger partial charge in [-0.3, -0.25) is 14.3 Å². The van der Waals surface area contributed by atoms with Gasteiger partial charge in [-0.05, 0) is 26.0 Å². The van der Waals surface area contributed by atoms with Crippen LogP contribution in [-0.2, 0) is 10.8 Å². The maximum atomic E-state index is 12.8. The van der Waals surface area contributed by atoms with Crippen LogP contribution in [0.3, 0.4) is 0 Å². The standard InChI is InChI=1S/C14H20N2O3S/c1-15-11-7-3-2-4-9-13(11)20(19)14-10-6-5-8-12(14)16(17)18/h5-6,8,10-11,13,15H,2-4,7,9H2,1H3. The minimum Gasteiger partial charge on any atom is -0.316 e. The molecule has 0 aliphatic heterocycles. The van der Waals surface area contributed by atoms with Crippen LogP contribution in [-0.4, -0.2) is 27.5 Å². The van der Waals surface area contributed by atoms with Gasteiger partial charge in [0.15, 0.2) is 0 Å². The molecule has 0 amide bonds. The van der Waals surface area contributed by atoms with Crippen LogP contribution in [0.4, 0.5) is 5.69 Å². The maximum Gasteiger partial charge on any atom is 0.285 e. The fraction of sp³-hybridized carbons (Fsp3) is 0.571. The van der Waals surface area contributed by atoms with Crippen LogP contribution in [0, 0.1) is 10.1 Å². The highest BCUT2D eigenvalue weighted by molar-refractivity contribution is 7.86. The van der Waals surface area contributed by atoms with Crippen LogP contribution in [0.25, 0.3) is 0 Å². The van der Waals surface area contributed by atoms with Gasteiger partial charge >= 0.3 is 0 Å². The van der Waals surface area contributed by atoms with E-state index in [9.17, 15) is 14.3 Å². The molecule has 0 radical (unpaired) electrons. The summed E-state index contributed by atoms with van der Waals surface area (Å²) in [6, 6.07) is 6.54. The molecule has 110 valence electrons. The number of benzene rings is 1. The minimum absolute atomic E-state index is 0.0371. The van der Waals surface area contributed by atoms with E-state index in [0.29, 0.717) is 4.90 Å². The van der Waals surface area contributed by atoms with Crippen molar-refractivity contribution in [2.45, 2.75) is 48.3 Å². The highest BCUT2D eigenvalue weighted by Crippen LogP contribution is 2.29. The smallest absolute Gasteiger partial charge is 0.285 e. The van der Waals surface area contributed by atoms with Crippen molar-refractivity contribution in [2.24, 2.45) is 0 Å². The SMILES string of the molecule is CNC1CCCCCC1S(=O)c1ccccc1[N+](=O)[O-]. The van der Waals surface area contributed by atoms with Gasteiger partial charge in [0.25, 0.3) is 5.69 Å². The molecule has 1 saturated carbocycles. The predicted molar refractivity (Wildman–Crippen MR) is 79.2 cm³/mol. The molecule has 1 aliphatic carbocycles. The Hall–Kier alpha value is -1.27. The third-order valence-corrected chi connectivity index (χ3v) is 5.77. The van der Waals surface area contributed by atoms with E-state index in [-0.39, 0.29) is 17.0 Å². The lowest BCUT2D eigenvalue weighted by molar-refractivity contribution is -0.387. The minimum atomic E-state index is -1.35. The summed E-state index contributed by atoms with van der Waals surface area (Å²) >= 11 is 0. The molecular weight excluding hydrogens is 276 g/mol. The van der Waals surface area contributed by atoms with Gasteiger partial charge in [-0.2, -0.15) is 0 Å². The van der Waals surface area contributed by atoms with Gasteiger partial charge in [0, 0.05) is 12.1 Å². The van der Waals surface area contributed by atoms with Crippen molar-refractivity contribution in [2.75, 3.05) is 7.05 Å². The van der Waals surface area contributed by atoms with Crippen molar-refractivity contribution in [3.8, 4) is 0 Å². The van der Waals surface area contributed by atoms with Crippen molar-refractivity contribution in [1.29, 1.82) is 0 Å². The van der Waals surface area contributed by atoms with Crippen LogP contribution in [0.2, 0.25) is 0 Å². The molecule has 1 aromatic carbocycles. The molecule has 6 heteroatoms. The van der Waals surface area contributed by atoms with E-state index < -0.39 is 15.7 Å². The average Bonchev–Trinajstić information content (AvgIpc) is 2.71. The van der Waals surface area contributed by atoms with Gasteiger partial charge in [0.2, 0.25) is 0 Å². The molecule has 0 spiro atoms. The van der Waals surface area contributed by atoms with Crippen molar-refractivity contribution < 1.29 is 9.13 Å². The molecule has 3 unspecified atom stereocenters. The summed E-state index contributed by atoms with van der Waals surface area (Å²) in [6.45, 7) is 0. The van der Waals surface area contributed by atoms with Crippen molar-refractivity contribution in [3.05, 3.63) is 34.4 Å². The number of hydrogen-bond acceptors (Lipinski definition) is 4. The lowest BCUT2D eigenvalue weighted by Crippen LogP contribution is -2.39. The summed E-state index contributed by atoms with van der Waals surface area (Å²) in [6.07, 6.45) is 5.13. The third-order valence-electron chi connectivity index (χ3n) is 3.88.